The summed E-state index contributed by atoms with van der Waals surface area (Å²) >= 11 is 7.16. The lowest BCUT2D eigenvalue weighted by atomic mass is 10.1. The monoisotopic (exact) mass is 336 g/mol. The van der Waals surface area contributed by atoms with Gasteiger partial charge in [0.05, 0.1) is 9.99 Å². The first-order valence-corrected chi connectivity index (χ1v) is 6.33. The molecule has 2 aromatic heterocycles. The molecule has 0 saturated carbocycles. The van der Waals surface area contributed by atoms with Crippen molar-refractivity contribution in [3.05, 3.63) is 45.7 Å². The van der Waals surface area contributed by atoms with Crippen molar-refractivity contribution >= 4 is 53.5 Å². The lowest BCUT2D eigenvalue weighted by molar-refractivity contribution is 1.36. The minimum atomic E-state index is 0.954. The van der Waals surface area contributed by atoms with Crippen molar-refractivity contribution in [2.75, 3.05) is 0 Å². The number of rotatable bonds is 0. The van der Waals surface area contributed by atoms with Crippen molar-refractivity contribution in [1.29, 1.82) is 0 Å². The lowest BCUT2D eigenvalue weighted by Gasteiger charge is -2.07. The molecule has 0 aliphatic heterocycles. The fraction of sp³-hybridized carbons (Fsp3) is 0. The second-order valence-corrected chi connectivity index (χ2v) is 5.03. The van der Waals surface area contributed by atoms with E-state index >= 15 is 0 Å². The average molecular weight is 338 g/mol. The van der Waals surface area contributed by atoms with E-state index in [1.807, 2.05) is 18.3 Å². The Morgan fingerprint density at radius 3 is 2.62 bits per heavy atom. The van der Waals surface area contributed by atoms with E-state index < -0.39 is 0 Å². The number of hydrogen-bond acceptors (Lipinski definition) is 2. The van der Waals surface area contributed by atoms with Gasteiger partial charge in [-0.3, -0.25) is 9.97 Å². The molecule has 2 nitrogen and oxygen atoms in total. The summed E-state index contributed by atoms with van der Waals surface area (Å²) < 4.78 is 2.01. The molecule has 0 atom stereocenters. The number of fused-ring (bicyclic) bond motifs is 3. The number of nitrogens with zero attached hydrogens (tertiary/aromatic N) is 2. The highest BCUT2D eigenvalue weighted by Gasteiger charge is 2.10. The van der Waals surface area contributed by atoms with E-state index in [-0.39, 0.29) is 0 Å². The van der Waals surface area contributed by atoms with Crippen LogP contribution in [0.15, 0.2) is 45.7 Å². The minimum Gasteiger partial charge on any atom is -0.264 e. The van der Waals surface area contributed by atoms with Gasteiger partial charge in [0.15, 0.2) is 0 Å². The van der Waals surface area contributed by atoms with Gasteiger partial charge in [-0.1, -0.05) is 6.07 Å². The van der Waals surface area contributed by atoms with E-state index in [0.29, 0.717) is 0 Å². The molecule has 3 aromatic rings. The van der Waals surface area contributed by atoms with E-state index in [0.717, 1.165) is 30.6 Å². The predicted molar refractivity (Wildman–Crippen MR) is 72.4 cm³/mol. The Kier molecular flexibility index (Phi) is 2.41. The van der Waals surface area contributed by atoms with Gasteiger partial charge >= 0.3 is 0 Å². The summed E-state index contributed by atoms with van der Waals surface area (Å²) in [6, 6.07) is 6.00. The summed E-state index contributed by atoms with van der Waals surface area (Å²) in [5.41, 5.74) is 0.954. The first kappa shape index (κ1) is 10.2. The van der Waals surface area contributed by atoms with E-state index in [1.165, 1.54) is 0 Å². The van der Waals surface area contributed by atoms with Crippen LogP contribution in [-0.4, -0.2) is 9.97 Å². The van der Waals surface area contributed by atoms with E-state index in [4.69, 9.17) is 0 Å². The van der Waals surface area contributed by atoms with Crippen LogP contribution in [0, 0.1) is 0 Å². The third-order valence-corrected chi connectivity index (χ3v) is 4.68. The van der Waals surface area contributed by atoms with Crippen molar-refractivity contribution in [2.45, 2.75) is 0 Å². The SMILES string of the molecule is Brc1c(Br)c2ncccc2c2cnccc12. The summed E-state index contributed by atoms with van der Waals surface area (Å²) in [6.45, 7) is 0. The molecule has 0 unspecified atom stereocenters. The third-order valence-electron chi connectivity index (χ3n) is 2.56. The van der Waals surface area contributed by atoms with Gasteiger partial charge in [0.1, 0.15) is 0 Å². The molecule has 0 radical (unpaired) electrons. The molecule has 1 aromatic carbocycles. The van der Waals surface area contributed by atoms with Crippen molar-refractivity contribution in [3.63, 3.8) is 0 Å². The highest BCUT2D eigenvalue weighted by atomic mass is 79.9. The second kappa shape index (κ2) is 3.79. The van der Waals surface area contributed by atoms with Crippen molar-refractivity contribution in [1.82, 2.24) is 9.97 Å². The third kappa shape index (κ3) is 1.37. The summed E-state index contributed by atoms with van der Waals surface area (Å²) in [5.74, 6) is 0. The van der Waals surface area contributed by atoms with Gasteiger partial charge in [-0.05, 0) is 44.0 Å². The minimum absolute atomic E-state index is 0.954. The smallest absolute Gasteiger partial charge is 0.0862 e. The van der Waals surface area contributed by atoms with Crippen molar-refractivity contribution in [3.8, 4) is 0 Å². The van der Waals surface area contributed by atoms with Crippen LogP contribution >= 0.6 is 31.9 Å². The molecular formula is C12H6Br2N2. The Hall–Kier alpha value is -1.00. The zero-order valence-corrected chi connectivity index (χ0v) is 11.3. The van der Waals surface area contributed by atoms with Gasteiger partial charge in [-0.15, -0.1) is 0 Å². The number of benzene rings is 1. The van der Waals surface area contributed by atoms with Crippen LogP contribution in [0.1, 0.15) is 0 Å². The molecule has 0 amide bonds. The molecule has 0 spiro atoms. The van der Waals surface area contributed by atoms with Gasteiger partial charge in [-0.25, -0.2) is 0 Å². The Morgan fingerprint density at radius 1 is 0.875 bits per heavy atom. The Balaban J connectivity index is 2.69. The molecule has 0 N–H and O–H groups in total. The van der Waals surface area contributed by atoms with Crippen LogP contribution in [0.4, 0.5) is 0 Å². The van der Waals surface area contributed by atoms with Gasteiger partial charge in [0, 0.05) is 39.2 Å². The number of aromatic nitrogens is 2. The Morgan fingerprint density at radius 2 is 1.75 bits per heavy atom. The number of hydrogen-bond donors (Lipinski definition) is 0. The second-order valence-electron chi connectivity index (χ2n) is 3.45. The largest absolute Gasteiger partial charge is 0.264 e. The summed E-state index contributed by atoms with van der Waals surface area (Å²) in [6.07, 6.45) is 5.46. The molecule has 0 aliphatic carbocycles. The molecule has 0 bridgehead atoms. The highest BCUT2D eigenvalue weighted by molar-refractivity contribution is 9.13. The predicted octanol–water partition coefficient (Wildman–Crippen LogP) is 4.31. The zero-order chi connectivity index (χ0) is 11.1. The highest BCUT2D eigenvalue weighted by Crippen LogP contribution is 2.37. The fourth-order valence-corrected chi connectivity index (χ4v) is 2.88. The standard InChI is InChI=1S/C12H6Br2N2/c13-10-7-3-5-15-6-9(7)8-2-1-4-16-12(8)11(10)14/h1-6H. The maximum Gasteiger partial charge on any atom is 0.0862 e. The van der Waals surface area contributed by atoms with Crippen LogP contribution in [0.5, 0.6) is 0 Å². The lowest BCUT2D eigenvalue weighted by Crippen LogP contribution is -1.85. The molecule has 0 fully saturated rings. The molecule has 0 aliphatic rings. The van der Waals surface area contributed by atoms with Crippen molar-refractivity contribution in [2.24, 2.45) is 0 Å². The molecule has 0 saturated heterocycles. The van der Waals surface area contributed by atoms with Crippen LogP contribution < -0.4 is 0 Å². The first-order chi connectivity index (χ1) is 7.79. The maximum absolute atomic E-state index is 4.39. The Labute approximate surface area is 109 Å². The van der Waals surface area contributed by atoms with E-state index in [1.54, 1.807) is 12.4 Å². The first-order valence-electron chi connectivity index (χ1n) is 4.74. The molecule has 2 heterocycles. The van der Waals surface area contributed by atoms with Gasteiger partial charge in [0.25, 0.3) is 0 Å². The Bertz CT molecular complexity index is 634. The summed E-state index contributed by atoms with van der Waals surface area (Å²) in [4.78, 5) is 8.56. The van der Waals surface area contributed by atoms with Crippen LogP contribution in [0.3, 0.4) is 0 Å². The maximum atomic E-state index is 4.39. The zero-order valence-electron chi connectivity index (χ0n) is 8.11. The molecular weight excluding hydrogens is 332 g/mol. The van der Waals surface area contributed by atoms with E-state index in [2.05, 4.69) is 47.9 Å². The van der Waals surface area contributed by atoms with Crippen molar-refractivity contribution < 1.29 is 0 Å². The van der Waals surface area contributed by atoms with Gasteiger partial charge < -0.3 is 0 Å². The van der Waals surface area contributed by atoms with Gasteiger partial charge in [0.2, 0.25) is 0 Å². The van der Waals surface area contributed by atoms with Crippen LogP contribution in [0.2, 0.25) is 0 Å². The quantitative estimate of drug-likeness (QED) is 0.571. The number of halogens is 2. The van der Waals surface area contributed by atoms with Crippen LogP contribution in [0.25, 0.3) is 21.7 Å². The van der Waals surface area contributed by atoms with Gasteiger partial charge in [-0.2, -0.15) is 0 Å². The topological polar surface area (TPSA) is 25.8 Å². The fourth-order valence-electron chi connectivity index (χ4n) is 1.82. The van der Waals surface area contributed by atoms with E-state index in [9.17, 15) is 0 Å². The molecule has 4 heteroatoms. The number of pyridine rings is 2. The molecule has 3 rings (SSSR count). The summed E-state index contributed by atoms with van der Waals surface area (Å²) in [7, 11) is 0. The summed E-state index contributed by atoms with van der Waals surface area (Å²) in [5, 5.41) is 3.36. The van der Waals surface area contributed by atoms with Crippen LogP contribution in [-0.2, 0) is 0 Å². The molecule has 78 valence electrons. The molecule has 16 heavy (non-hydrogen) atoms. The average Bonchev–Trinajstić information content (AvgIpc) is 2.36. The normalized spacial score (nSPS) is 11.1.